The lowest BCUT2D eigenvalue weighted by molar-refractivity contribution is 0.269. The Bertz CT molecular complexity index is 551. The van der Waals surface area contributed by atoms with Crippen LogP contribution in [-0.4, -0.2) is 45.0 Å². The van der Waals surface area contributed by atoms with E-state index in [1.807, 2.05) is 25.6 Å². The number of aromatic nitrogens is 4. The minimum atomic E-state index is 0.710. The van der Waals surface area contributed by atoms with Crippen LogP contribution in [0, 0.1) is 5.92 Å². The number of nitrogens with one attached hydrogen (secondary N) is 2. The van der Waals surface area contributed by atoms with Crippen LogP contribution in [0.5, 0.6) is 0 Å². The van der Waals surface area contributed by atoms with E-state index >= 15 is 0 Å². The van der Waals surface area contributed by atoms with Crippen molar-refractivity contribution in [2.45, 2.75) is 32.2 Å². The third-order valence-electron chi connectivity index (χ3n) is 4.35. The number of anilines is 1. The number of aromatic amines is 1. The molecule has 3 rings (SSSR count). The molecule has 0 radical (unpaired) electrons. The first-order valence-electron chi connectivity index (χ1n) is 8.02. The summed E-state index contributed by atoms with van der Waals surface area (Å²) in [5.74, 6) is 1.54. The van der Waals surface area contributed by atoms with Gasteiger partial charge in [0.15, 0.2) is 0 Å². The van der Waals surface area contributed by atoms with Crippen molar-refractivity contribution in [1.29, 1.82) is 0 Å². The van der Waals surface area contributed by atoms with E-state index in [1.165, 1.54) is 31.5 Å². The van der Waals surface area contributed by atoms with Crippen molar-refractivity contribution in [3.8, 4) is 0 Å². The minimum absolute atomic E-state index is 0.710. The molecular formula is C16H24N6. The highest BCUT2D eigenvalue weighted by molar-refractivity contribution is 5.29. The van der Waals surface area contributed by atoms with E-state index in [9.17, 15) is 0 Å². The molecule has 1 atom stereocenters. The third-order valence-corrected chi connectivity index (χ3v) is 4.35. The van der Waals surface area contributed by atoms with Gasteiger partial charge in [-0.2, -0.15) is 0 Å². The Kier molecular flexibility index (Phi) is 5.00. The summed E-state index contributed by atoms with van der Waals surface area (Å²) < 4.78 is 0. The second-order valence-corrected chi connectivity index (χ2v) is 6.00. The Morgan fingerprint density at radius 1 is 1.23 bits per heavy atom. The molecule has 6 heteroatoms. The van der Waals surface area contributed by atoms with Crippen molar-refractivity contribution in [3.05, 3.63) is 36.3 Å². The summed E-state index contributed by atoms with van der Waals surface area (Å²) >= 11 is 0. The van der Waals surface area contributed by atoms with Crippen LogP contribution in [0.1, 0.15) is 30.7 Å². The summed E-state index contributed by atoms with van der Waals surface area (Å²) in [7, 11) is 1.86. The van der Waals surface area contributed by atoms with Gasteiger partial charge in [0.2, 0.25) is 0 Å². The maximum Gasteiger partial charge on any atom is 0.144 e. The molecule has 1 fully saturated rings. The quantitative estimate of drug-likeness (QED) is 0.885. The predicted octanol–water partition coefficient (Wildman–Crippen LogP) is 2.09. The average molecular weight is 300 g/mol. The Balaban J connectivity index is 1.51. The van der Waals surface area contributed by atoms with Crippen molar-refractivity contribution in [1.82, 2.24) is 24.8 Å². The summed E-state index contributed by atoms with van der Waals surface area (Å²) in [6.45, 7) is 3.29. The van der Waals surface area contributed by atoms with Crippen LogP contribution in [0.2, 0.25) is 0 Å². The summed E-state index contributed by atoms with van der Waals surface area (Å²) in [6, 6.07) is 0. The number of hydrogen-bond donors (Lipinski definition) is 2. The van der Waals surface area contributed by atoms with Crippen molar-refractivity contribution in [3.63, 3.8) is 0 Å². The van der Waals surface area contributed by atoms with E-state index < -0.39 is 0 Å². The van der Waals surface area contributed by atoms with Gasteiger partial charge in [-0.25, -0.2) is 9.97 Å². The molecule has 0 aliphatic carbocycles. The molecule has 0 spiro atoms. The van der Waals surface area contributed by atoms with Crippen LogP contribution in [0.25, 0.3) is 0 Å². The molecule has 0 aromatic carbocycles. The zero-order valence-electron chi connectivity index (χ0n) is 13.1. The molecule has 118 valence electrons. The second-order valence-electron chi connectivity index (χ2n) is 6.00. The third kappa shape index (κ3) is 4.04. The fraction of sp³-hybridized carbons (Fsp3) is 0.562. The highest BCUT2D eigenvalue weighted by Crippen LogP contribution is 2.22. The first-order valence-corrected chi connectivity index (χ1v) is 8.02. The van der Waals surface area contributed by atoms with E-state index in [0.29, 0.717) is 5.92 Å². The average Bonchev–Trinajstić information content (AvgIpc) is 2.96. The topological polar surface area (TPSA) is 69.7 Å². The molecule has 1 aliphatic heterocycles. The molecule has 1 unspecified atom stereocenters. The SMILES string of the molecule is CNc1cnc(CC2CCCN(Cc3cnc[nH]3)CC2)cn1. The van der Waals surface area contributed by atoms with E-state index in [0.717, 1.165) is 31.0 Å². The van der Waals surface area contributed by atoms with Crippen LogP contribution < -0.4 is 5.32 Å². The monoisotopic (exact) mass is 300 g/mol. The second kappa shape index (κ2) is 7.35. The molecule has 1 saturated heterocycles. The summed E-state index contributed by atoms with van der Waals surface area (Å²) in [4.78, 5) is 18.7. The number of likely N-dealkylation sites (tertiary alicyclic amines) is 1. The fourth-order valence-corrected chi connectivity index (χ4v) is 3.08. The van der Waals surface area contributed by atoms with Gasteiger partial charge in [-0.3, -0.25) is 9.88 Å². The number of imidazole rings is 1. The highest BCUT2D eigenvalue weighted by Gasteiger charge is 2.18. The van der Waals surface area contributed by atoms with Gasteiger partial charge in [-0.1, -0.05) is 0 Å². The summed E-state index contributed by atoms with van der Waals surface area (Å²) in [6.07, 6.45) is 12.2. The Morgan fingerprint density at radius 2 is 2.18 bits per heavy atom. The molecule has 6 nitrogen and oxygen atoms in total. The maximum absolute atomic E-state index is 4.50. The van der Waals surface area contributed by atoms with Crippen LogP contribution in [0.4, 0.5) is 5.82 Å². The normalized spacial score (nSPS) is 19.8. The van der Waals surface area contributed by atoms with Crippen molar-refractivity contribution in [2.75, 3.05) is 25.5 Å². The van der Waals surface area contributed by atoms with E-state index in [1.54, 1.807) is 6.33 Å². The van der Waals surface area contributed by atoms with Crippen molar-refractivity contribution >= 4 is 5.82 Å². The van der Waals surface area contributed by atoms with Gasteiger partial charge >= 0.3 is 0 Å². The lowest BCUT2D eigenvalue weighted by Gasteiger charge is -2.19. The Labute approximate surface area is 131 Å². The molecule has 1 aliphatic rings. The molecule has 0 bridgehead atoms. The largest absolute Gasteiger partial charge is 0.372 e. The first-order chi connectivity index (χ1) is 10.8. The van der Waals surface area contributed by atoms with Gasteiger partial charge < -0.3 is 10.3 Å². The van der Waals surface area contributed by atoms with Gasteiger partial charge in [0.1, 0.15) is 5.82 Å². The van der Waals surface area contributed by atoms with Crippen LogP contribution in [0.3, 0.4) is 0 Å². The standard InChI is InChI=1S/C16H24N6/c1-17-16-10-19-14(9-20-16)7-13-3-2-5-22(6-4-13)11-15-8-18-12-21-15/h8-10,12-13H,2-7,11H2,1H3,(H,17,20)(H,18,21). The molecule has 3 heterocycles. The Hall–Kier alpha value is -1.95. The van der Waals surface area contributed by atoms with Gasteiger partial charge in [0.25, 0.3) is 0 Å². The number of rotatable bonds is 5. The van der Waals surface area contributed by atoms with Crippen LogP contribution in [0.15, 0.2) is 24.9 Å². The predicted molar refractivity (Wildman–Crippen MR) is 86.5 cm³/mol. The van der Waals surface area contributed by atoms with Crippen molar-refractivity contribution in [2.24, 2.45) is 5.92 Å². The fourth-order valence-electron chi connectivity index (χ4n) is 3.08. The minimum Gasteiger partial charge on any atom is -0.372 e. The molecule has 22 heavy (non-hydrogen) atoms. The molecule has 0 amide bonds. The van der Waals surface area contributed by atoms with Gasteiger partial charge in [0.05, 0.1) is 24.4 Å². The highest BCUT2D eigenvalue weighted by atomic mass is 15.1. The van der Waals surface area contributed by atoms with Gasteiger partial charge in [-0.15, -0.1) is 0 Å². The van der Waals surface area contributed by atoms with Gasteiger partial charge in [-0.05, 0) is 44.7 Å². The number of nitrogens with zero attached hydrogens (tertiary/aromatic N) is 4. The summed E-state index contributed by atoms with van der Waals surface area (Å²) in [5.41, 5.74) is 2.30. The number of hydrogen-bond acceptors (Lipinski definition) is 5. The van der Waals surface area contributed by atoms with E-state index in [2.05, 4.69) is 30.2 Å². The maximum atomic E-state index is 4.50. The molecule has 0 saturated carbocycles. The lowest BCUT2D eigenvalue weighted by Crippen LogP contribution is -2.24. The zero-order chi connectivity index (χ0) is 15.2. The smallest absolute Gasteiger partial charge is 0.144 e. The van der Waals surface area contributed by atoms with E-state index in [-0.39, 0.29) is 0 Å². The number of H-pyrrole nitrogens is 1. The molecule has 2 aromatic heterocycles. The molecule has 2 N–H and O–H groups in total. The summed E-state index contributed by atoms with van der Waals surface area (Å²) in [5, 5.41) is 3.01. The van der Waals surface area contributed by atoms with Crippen molar-refractivity contribution < 1.29 is 0 Å². The zero-order valence-corrected chi connectivity index (χ0v) is 13.1. The van der Waals surface area contributed by atoms with Gasteiger partial charge in [0, 0.05) is 25.5 Å². The lowest BCUT2D eigenvalue weighted by atomic mass is 9.95. The van der Waals surface area contributed by atoms with E-state index in [4.69, 9.17) is 0 Å². The first kappa shape index (κ1) is 15.0. The van der Waals surface area contributed by atoms with Crippen LogP contribution >= 0.6 is 0 Å². The van der Waals surface area contributed by atoms with Crippen LogP contribution in [-0.2, 0) is 13.0 Å². The molecule has 2 aromatic rings. The molecular weight excluding hydrogens is 276 g/mol. The Morgan fingerprint density at radius 3 is 2.91 bits per heavy atom.